The Morgan fingerprint density at radius 2 is 1.81 bits per heavy atom. The molecule has 0 atom stereocenters. The molecular weight excluding hydrogens is 336 g/mol. The van der Waals surface area contributed by atoms with Gasteiger partial charge in [-0.25, -0.2) is 4.98 Å². The van der Waals surface area contributed by atoms with Gasteiger partial charge < -0.3 is 4.74 Å². The van der Waals surface area contributed by atoms with Crippen LogP contribution < -0.4 is 10.3 Å². The van der Waals surface area contributed by atoms with Gasteiger partial charge in [0.05, 0.1) is 23.2 Å². The quantitative estimate of drug-likeness (QED) is 0.571. The number of benzene rings is 2. The monoisotopic (exact) mass is 362 g/mol. The van der Waals surface area contributed by atoms with E-state index in [0.717, 1.165) is 11.4 Å². The van der Waals surface area contributed by atoms with E-state index < -0.39 is 0 Å². The molecule has 0 saturated carbocycles. The number of allylic oxidation sites excluding steroid dienone is 3. The van der Waals surface area contributed by atoms with Crippen molar-refractivity contribution in [2.75, 3.05) is 6.61 Å². The zero-order chi connectivity index (χ0) is 19.8. The number of fused-ring (bicyclic) bond motifs is 1. The molecule has 1 heterocycles. The highest BCUT2D eigenvalue weighted by Crippen LogP contribution is 2.20. The van der Waals surface area contributed by atoms with Gasteiger partial charge in [-0.15, -0.1) is 0 Å². The fourth-order valence-corrected chi connectivity index (χ4v) is 2.72. The first kappa shape index (κ1) is 20.2. The van der Waals surface area contributed by atoms with Crippen LogP contribution in [0.2, 0.25) is 0 Å². The van der Waals surface area contributed by atoms with Gasteiger partial charge in [-0.2, -0.15) is 0 Å². The molecule has 0 aliphatic heterocycles. The minimum absolute atomic E-state index is 0.115. The second-order valence-corrected chi connectivity index (χ2v) is 5.55. The molecule has 4 heteroatoms. The topological polar surface area (TPSA) is 44.1 Å². The van der Waals surface area contributed by atoms with E-state index in [1.54, 1.807) is 10.6 Å². The Labute approximate surface area is 160 Å². The molecule has 0 aliphatic carbocycles. The normalized spacial score (nSPS) is 10.5. The number of ether oxygens (including phenoxy) is 1. The summed E-state index contributed by atoms with van der Waals surface area (Å²) in [5, 5.41) is 0.577. The molecule has 2 aromatic carbocycles. The summed E-state index contributed by atoms with van der Waals surface area (Å²) in [4.78, 5) is 17.8. The van der Waals surface area contributed by atoms with Crippen molar-refractivity contribution in [2.24, 2.45) is 0 Å². The Morgan fingerprint density at radius 3 is 2.44 bits per heavy atom. The van der Waals surface area contributed by atoms with Gasteiger partial charge in [-0.1, -0.05) is 44.7 Å². The number of nitrogens with zero attached hydrogens (tertiary/aromatic N) is 2. The smallest absolute Gasteiger partial charge is 0.266 e. The molecule has 3 rings (SSSR count). The maximum absolute atomic E-state index is 13.1. The second-order valence-electron chi connectivity index (χ2n) is 5.55. The van der Waals surface area contributed by atoms with Crippen molar-refractivity contribution in [2.45, 2.75) is 27.7 Å². The van der Waals surface area contributed by atoms with E-state index in [9.17, 15) is 4.79 Å². The summed E-state index contributed by atoms with van der Waals surface area (Å²) in [6, 6.07) is 14.8. The second kappa shape index (κ2) is 9.53. The van der Waals surface area contributed by atoms with Crippen molar-refractivity contribution in [3.05, 3.63) is 83.4 Å². The minimum atomic E-state index is -0.115. The summed E-state index contributed by atoms with van der Waals surface area (Å²) in [5.41, 5.74) is 1.96. The lowest BCUT2D eigenvalue weighted by atomic mass is 10.2. The highest BCUT2D eigenvalue weighted by molar-refractivity contribution is 5.81. The average Bonchev–Trinajstić information content (AvgIpc) is 2.71. The van der Waals surface area contributed by atoms with Crippen LogP contribution in [0.4, 0.5) is 0 Å². The molecule has 140 valence electrons. The first-order chi connectivity index (χ1) is 13.2. The summed E-state index contributed by atoms with van der Waals surface area (Å²) in [5.74, 6) is 1.30. The summed E-state index contributed by atoms with van der Waals surface area (Å²) in [6.45, 7) is 12.5. The molecule has 3 aromatic rings. The van der Waals surface area contributed by atoms with Crippen molar-refractivity contribution in [3.63, 3.8) is 0 Å². The molecule has 0 radical (unpaired) electrons. The van der Waals surface area contributed by atoms with Gasteiger partial charge in [0.15, 0.2) is 0 Å². The number of hydrogen-bond acceptors (Lipinski definition) is 3. The average molecular weight is 362 g/mol. The lowest BCUT2D eigenvalue weighted by molar-refractivity contribution is 0.340. The van der Waals surface area contributed by atoms with Crippen LogP contribution in [0.3, 0.4) is 0 Å². The molecule has 0 N–H and O–H groups in total. The van der Waals surface area contributed by atoms with E-state index in [1.165, 1.54) is 0 Å². The standard InChI is InChI=1S/C21H20N2O2.C2H6/c1-4-8-15(3)20-22-19-10-7-6-9-18(19)21(24)23(20)16-11-13-17(14-12-16)25-5-2;1-2/h4,6-14H,3,5H2,1-2H3;1-2H3/b8-4-;. The summed E-state index contributed by atoms with van der Waals surface area (Å²) in [6.07, 6.45) is 3.73. The highest BCUT2D eigenvalue weighted by atomic mass is 16.5. The molecule has 0 unspecified atom stereocenters. The van der Waals surface area contributed by atoms with Crippen LogP contribution in [0.1, 0.15) is 33.5 Å². The number of para-hydroxylation sites is 1. The molecule has 4 nitrogen and oxygen atoms in total. The zero-order valence-corrected chi connectivity index (χ0v) is 16.4. The van der Waals surface area contributed by atoms with E-state index in [1.807, 2.05) is 82.3 Å². The van der Waals surface area contributed by atoms with Gasteiger partial charge in [0.1, 0.15) is 11.6 Å². The molecule has 0 amide bonds. The van der Waals surface area contributed by atoms with Crippen molar-refractivity contribution in [1.29, 1.82) is 0 Å². The van der Waals surface area contributed by atoms with Crippen LogP contribution >= 0.6 is 0 Å². The molecule has 0 aliphatic rings. The molecule has 0 bridgehead atoms. The van der Waals surface area contributed by atoms with E-state index in [2.05, 4.69) is 11.6 Å². The molecule has 0 spiro atoms. The predicted octanol–water partition coefficient (Wildman–Crippen LogP) is 5.40. The molecular formula is C23H26N2O2. The van der Waals surface area contributed by atoms with Crippen LogP contribution in [0.25, 0.3) is 22.2 Å². The van der Waals surface area contributed by atoms with Crippen LogP contribution in [0, 0.1) is 0 Å². The predicted molar refractivity (Wildman–Crippen MR) is 114 cm³/mol. The number of hydrogen-bond donors (Lipinski definition) is 0. The van der Waals surface area contributed by atoms with Crippen molar-refractivity contribution >= 4 is 16.5 Å². The Hall–Kier alpha value is -3.14. The van der Waals surface area contributed by atoms with Crippen molar-refractivity contribution in [1.82, 2.24) is 9.55 Å². The van der Waals surface area contributed by atoms with Crippen molar-refractivity contribution < 1.29 is 4.74 Å². The maximum Gasteiger partial charge on any atom is 0.266 e. The van der Waals surface area contributed by atoms with Crippen LogP contribution in [0.15, 0.2) is 72.1 Å². The lowest BCUT2D eigenvalue weighted by Gasteiger charge is -2.14. The first-order valence-electron chi connectivity index (χ1n) is 9.22. The molecule has 27 heavy (non-hydrogen) atoms. The van der Waals surface area contributed by atoms with Gasteiger partial charge in [-0.3, -0.25) is 9.36 Å². The number of rotatable bonds is 5. The number of aromatic nitrogens is 2. The van der Waals surface area contributed by atoms with Gasteiger partial charge >= 0.3 is 0 Å². The minimum Gasteiger partial charge on any atom is -0.494 e. The van der Waals surface area contributed by atoms with Gasteiger partial charge in [0.2, 0.25) is 0 Å². The fourth-order valence-electron chi connectivity index (χ4n) is 2.72. The SMILES string of the molecule is C=C(/C=C\C)c1nc2ccccc2c(=O)n1-c1ccc(OCC)cc1.CC. The Kier molecular flexibility index (Phi) is 7.12. The van der Waals surface area contributed by atoms with Gasteiger partial charge in [-0.05, 0) is 50.2 Å². The molecule has 1 aromatic heterocycles. The fraction of sp³-hybridized carbons (Fsp3) is 0.217. The third-order valence-electron chi connectivity index (χ3n) is 3.84. The Bertz CT molecular complexity index is 999. The van der Waals surface area contributed by atoms with E-state index in [0.29, 0.717) is 28.9 Å². The van der Waals surface area contributed by atoms with Crippen LogP contribution in [-0.2, 0) is 0 Å². The van der Waals surface area contributed by atoms with E-state index in [4.69, 9.17) is 4.74 Å². The van der Waals surface area contributed by atoms with E-state index >= 15 is 0 Å². The maximum atomic E-state index is 13.1. The molecule has 0 fully saturated rings. The third-order valence-corrected chi connectivity index (χ3v) is 3.84. The largest absolute Gasteiger partial charge is 0.494 e. The zero-order valence-electron chi connectivity index (χ0n) is 16.4. The Morgan fingerprint density at radius 1 is 1.15 bits per heavy atom. The summed E-state index contributed by atoms with van der Waals surface area (Å²) < 4.78 is 7.08. The van der Waals surface area contributed by atoms with Crippen molar-refractivity contribution in [3.8, 4) is 11.4 Å². The van der Waals surface area contributed by atoms with Crippen LogP contribution in [0.5, 0.6) is 5.75 Å². The highest BCUT2D eigenvalue weighted by Gasteiger charge is 2.14. The molecule has 0 saturated heterocycles. The van der Waals surface area contributed by atoms with Gasteiger partial charge in [0.25, 0.3) is 5.56 Å². The van der Waals surface area contributed by atoms with Gasteiger partial charge in [0, 0.05) is 5.57 Å². The lowest BCUT2D eigenvalue weighted by Crippen LogP contribution is -2.23. The summed E-state index contributed by atoms with van der Waals surface area (Å²) >= 11 is 0. The Balaban J connectivity index is 0.00000126. The third kappa shape index (κ3) is 4.34. The van der Waals surface area contributed by atoms with E-state index in [-0.39, 0.29) is 5.56 Å². The summed E-state index contributed by atoms with van der Waals surface area (Å²) in [7, 11) is 0. The first-order valence-corrected chi connectivity index (χ1v) is 9.22. The van der Waals surface area contributed by atoms with Crippen LogP contribution in [-0.4, -0.2) is 16.2 Å².